The van der Waals surface area contributed by atoms with Crippen molar-refractivity contribution in [2.75, 3.05) is 0 Å². The summed E-state index contributed by atoms with van der Waals surface area (Å²) in [6, 6.07) is 5.38. The van der Waals surface area contributed by atoms with Gasteiger partial charge in [-0.2, -0.15) is 5.10 Å². The molecule has 0 saturated carbocycles. The molecule has 0 saturated heterocycles. The van der Waals surface area contributed by atoms with Crippen LogP contribution in [0.1, 0.15) is 36.6 Å². The fourth-order valence-corrected chi connectivity index (χ4v) is 3.25. The standard InChI is InChI=1S/C14H13BrCl2N2O/c1-7(2)10-5-9(18-19-14(10)20)6-11-12(16)3-8(15)4-13(11)17/h3-5,7H,6H2,1-2H3,(H,19,20). The molecule has 0 unspecified atom stereocenters. The summed E-state index contributed by atoms with van der Waals surface area (Å²) in [5, 5.41) is 7.72. The first-order chi connectivity index (χ1) is 9.38. The fraction of sp³-hybridized carbons (Fsp3) is 0.286. The van der Waals surface area contributed by atoms with E-state index >= 15 is 0 Å². The van der Waals surface area contributed by atoms with E-state index in [2.05, 4.69) is 26.1 Å². The van der Waals surface area contributed by atoms with Crippen molar-refractivity contribution in [3.05, 3.63) is 59.9 Å². The fourth-order valence-electron chi connectivity index (χ4n) is 1.91. The van der Waals surface area contributed by atoms with Crippen LogP contribution in [0.25, 0.3) is 0 Å². The minimum absolute atomic E-state index is 0.136. The molecule has 6 heteroatoms. The second-order valence-electron chi connectivity index (χ2n) is 4.82. The molecule has 0 aliphatic rings. The molecule has 1 heterocycles. The van der Waals surface area contributed by atoms with Gasteiger partial charge in [0.15, 0.2) is 0 Å². The number of rotatable bonds is 3. The summed E-state index contributed by atoms with van der Waals surface area (Å²) >= 11 is 15.7. The number of hydrogen-bond donors (Lipinski definition) is 1. The second-order valence-corrected chi connectivity index (χ2v) is 6.55. The van der Waals surface area contributed by atoms with Crippen molar-refractivity contribution in [3.8, 4) is 0 Å². The van der Waals surface area contributed by atoms with Crippen molar-refractivity contribution in [1.29, 1.82) is 0 Å². The van der Waals surface area contributed by atoms with E-state index in [1.165, 1.54) is 0 Å². The summed E-state index contributed by atoms with van der Waals surface area (Å²) in [5.74, 6) is 0.136. The Morgan fingerprint density at radius 2 is 1.85 bits per heavy atom. The molecule has 106 valence electrons. The van der Waals surface area contributed by atoms with Crippen molar-refractivity contribution >= 4 is 39.1 Å². The second kappa shape index (κ2) is 6.29. The Labute approximate surface area is 135 Å². The predicted molar refractivity (Wildman–Crippen MR) is 85.9 cm³/mol. The SMILES string of the molecule is CC(C)c1cc(Cc2c(Cl)cc(Br)cc2Cl)n[nH]c1=O. The molecule has 1 aromatic heterocycles. The van der Waals surface area contributed by atoms with Crippen molar-refractivity contribution in [2.45, 2.75) is 26.2 Å². The highest BCUT2D eigenvalue weighted by molar-refractivity contribution is 9.10. The van der Waals surface area contributed by atoms with Crippen LogP contribution in [0.4, 0.5) is 0 Å². The zero-order chi connectivity index (χ0) is 14.9. The van der Waals surface area contributed by atoms with Crippen molar-refractivity contribution in [1.82, 2.24) is 10.2 Å². The van der Waals surface area contributed by atoms with Crippen LogP contribution in [0.5, 0.6) is 0 Å². The smallest absolute Gasteiger partial charge is 0.267 e. The summed E-state index contributed by atoms with van der Waals surface area (Å²) in [6.07, 6.45) is 0.474. The van der Waals surface area contributed by atoms with Gasteiger partial charge in [-0.15, -0.1) is 0 Å². The molecule has 2 aromatic rings. The molecular weight excluding hydrogens is 363 g/mol. The number of aromatic amines is 1. The molecule has 0 spiro atoms. The minimum atomic E-state index is -0.156. The van der Waals surface area contributed by atoms with Gasteiger partial charge in [-0.25, -0.2) is 5.10 Å². The highest BCUT2D eigenvalue weighted by Crippen LogP contribution is 2.30. The summed E-state index contributed by atoms with van der Waals surface area (Å²) in [7, 11) is 0. The van der Waals surface area contributed by atoms with Crippen LogP contribution in [0.15, 0.2) is 27.5 Å². The molecule has 0 bridgehead atoms. The van der Waals surface area contributed by atoms with Gasteiger partial charge in [0.1, 0.15) is 0 Å². The molecule has 0 fully saturated rings. The maximum absolute atomic E-state index is 11.7. The monoisotopic (exact) mass is 374 g/mol. The average molecular weight is 376 g/mol. The van der Waals surface area contributed by atoms with Crippen LogP contribution < -0.4 is 5.56 Å². The molecular formula is C14H13BrCl2N2O. The maximum atomic E-state index is 11.7. The van der Waals surface area contributed by atoms with E-state index in [-0.39, 0.29) is 11.5 Å². The Morgan fingerprint density at radius 1 is 1.25 bits per heavy atom. The first-order valence-electron chi connectivity index (χ1n) is 6.10. The zero-order valence-electron chi connectivity index (χ0n) is 11.0. The van der Waals surface area contributed by atoms with Gasteiger partial charge in [-0.1, -0.05) is 53.0 Å². The van der Waals surface area contributed by atoms with E-state index in [4.69, 9.17) is 23.2 Å². The van der Waals surface area contributed by atoms with Crippen LogP contribution in [0.2, 0.25) is 10.0 Å². The van der Waals surface area contributed by atoms with Crippen LogP contribution in [-0.4, -0.2) is 10.2 Å². The maximum Gasteiger partial charge on any atom is 0.267 e. The summed E-state index contributed by atoms with van der Waals surface area (Å²) in [5.41, 5.74) is 2.08. The Hall–Kier alpha value is -0.840. The van der Waals surface area contributed by atoms with Gasteiger partial charge in [0.25, 0.3) is 5.56 Å². The van der Waals surface area contributed by atoms with Gasteiger partial charge >= 0.3 is 0 Å². The lowest BCUT2D eigenvalue weighted by Gasteiger charge is -2.09. The van der Waals surface area contributed by atoms with Gasteiger partial charge < -0.3 is 0 Å². The van der Waals surface area contributed by atoms with E-state index < -0.39 is 0 Å². The van der Waals surface area contributed by atoms with Crippen LogP contribution >= 0.6 is 39.1 Å². The number of aromatic nitrogens is 2. The molecule has 0 aliphatic carbocycles. The lowest BCUT2D eigenvalue weighted by molar-refractivity contribution is 0.801. The van der Waals surface area contributed by atoms with Gasteiger partial charge in [0.05, 0.1) is 5.69 Å². The zero-order valence-corrected chi connectivity index (χ0v) is 14.1. The Morgan fingerprint density at radius 3 is 2.40 bits per heavy atom. The number of nitrogens with one attached hydrogen (secondary N) is 1. The minimum Gasteiger partial charge on any atom is -0.268 e. The summed E-state index contributed by atoms with van der Waals surface area (Å²) in [6.45, 7) is 3.93. The molecule has 2 rings (SSSR count). The first kappa shape index (κ1) is 15.5. The topological polar surface area (TPSA) is 45.8 Å². The molecule has 20 heavy (non-hydrogen) atoms. The molecule has 1 aromatic carbocycles. The third-order valence-corrected chi connectivity index (χ3v) is 4.10. The van der Waals surface area contributed by atoms with E-state index in [1.807, 2.05) is 13.8 Å². The van der Waals surface area contributed by atoms with Crippen LogP contribution in [0.3, 0.4) is 0 Å². The molecule has 3 nitrogen and oxygen atoms in total. The van der Waals surface area contributed by atoms with Crippen LogP contribution in [0, 0.1) is 0 Å². The quantitative estimate of drug-likeness (QED) is 0.854. The first-order valence-corrected chi connectivity index (χ1v) is 7.65. The summed E-state index contributed by atoms with van der Waals surface area (Å²) < 4.78 is 0.827. The molecule has 1 N–H and O–H groups in total. The van der Waals surface area contributed by atoms with E-state index in [0.717, 1.165) is 15.7 Å². The highest BCUT2D eigenvalue weighted by atomic mass is 79.9. The lowest BCUT2D eigenvalue weighted by atomic mass is 10.0. The van der Waals surface area contributed by atoms with Gasteiger partial charge in [0, 0.05) is 26.5 Å². The molecule has 0 atom stereocenters. The van der Waals surface area contributed by atoms with E-state index in [9.17, 15) is 4.79 Å². The predicted octanol–water partition coefficient (Wildman–Crippen LogP) is 4.55. The van der Waals surface area contributed by atoms with Gasteiger partial charge in [-0.05, 0) is 29.7 Å². The van der Waals surface area contributed by atoms with Gasteiger partial charge in [-0.3, -0.25) is 4.79 Å². The third kappa shape index (κ3) is 3.43. The molecule has 0 amide bonds. The van der Waals surface area contributed by atoms with Crippen LogP contribution in [-0.2, 0) is 6.42 Å². The molecule has 0 aliphatic heterocycles. The average Bonchev–Trinajstić information content (AvgIpc) is 2.35. The summed E-state index contributed by atoms with van der Waals surface area (Å²) in [4.78, 5) is 11.7. The Kier molecular flexibility index (Phi) is 4.89. The molecule has 0 radical (unpaired) electrons. The Balaban J connectivity index is 2.41. The number of H-pyrrole nitrogens is 1. The largest absolute Gasteiger partial charge is 0.268 e. The number of benzene rings is 1. The van der Waals surface area contributed by atoms with E-state index in [1.54, 1.807) is 18.2 Å². The Bertz CT molecular complexity index is 675. The number of nitrogens with zero attached hydrogens (tertiary/aromatic N) is 1. The third-order valence-electron chi connectivity index (χ3n) is 2.97. The lowest BCUT2D eigenvalue weighted by Crippen LogP contribution is -2.17. The number of hydrogen-bond acceptors (Lipinski definition) is 2. The van der Waals surface area contributed by atoms with Crippen molar-refractivity contribution < 1.29 is 0 Å². The van der Waals surface area contributed by atoms with Crippen molar-refractivity contribution in [2.24, 2.45) is 0 Å². The normalized spacial score (nSPS) is 11.1. The number of halogens is 3. The van der Waals surface area contributed by atoms with E-state index in [0.29, 0.717) is 22.0 Å². The highest BCUT2D eigenvalue weighted by Gasteiger charge is 2.12. The van der Waals surface area contributed by atoms with Crippen molar-refractivity contribution in [3.63, 3.8) is 0 Å². The van der Waals surface area contributed by atoms with Gasteiger partial charge in [0.2, 0.25) is 0 Å².